The second-order valence-corrected chi connectivity index (χ2v) is 11.2. The van der Waals surface area contributed by atoms with Gasteiger partial charge >= 0.3 is 0 Å². The van der Waals surface area contributed by atoms with Gasteiger partial charge in [-0.25, -0.2) is 8.42 Å². The number of Topliss-reactive ketones (excluding diaryl/α,β-unsaturated/α-hetero) is 1. The molecule has 1 unspecified atom stereocenters. The summed E-state index contributed by atoms with van der Waals surface area (Å²) in [5, 5.41) is -0.189. The van der Waals surface area contributed by atoms with E-state index in [-0.39, 0.29) is 16.8 Å². The van der Waals surface area contributed by atoms with Crippen LogP contribution in [0.1, 0.15) is 50.3 Å². The Morgan fingerprint density at radius 1 is 1.21 bits per heavy atom. The molecule has 2 rings (SSSR count). The number of rotatable bonds is 11. The number of hydrogen-bond donors (Lipinski definition) is 1. The lowest BCUT2D eigenvalue weighted by atomic mass is 9.84. The fraction of sp³-hybridized carbons (Fsp3) is 0.667. The van der Waals surface area contributed by atoms with Gasteiger partial charge in [-0.15, -0.1) is 0 Å². The minimum Gasteiger partial charge on any atom is -0.748 e. The predicted octanol–water partition coefficient (Wildman–Crippen LogP) is 2.07. The highest BCUT2D eigenvalue weighted by Crippen LogP contribution is 2.35. The molecule has 0 amide bonds. The maximum Gasteiger partial charge on any atom is 0.145 e. The molecule has 0 aliphatic carbocycles. The van der Waals surface area contributed by atoms with Gasteiger partial charge in [0.2, 0.25) is 0 Å². The van der Waals surface area contributed by atoms with Crippen LogP contribution in [-0.2, 0) is 14.9 Å². The molecule has 0 bridgehead atoms. The highest BCUT2D eigenvalue weighted by atomic mass is 32.2. The van der Waals surface area contributed by atoms with Crippen molar-refractivity contribution in [3.05, 3.63) is 29.8 Å². The van der Waals surface area contributed by atoms with Crippen LogP contribution in [0.25, 0.3) is 0 Å². The van der Waals surface area contributed by atoms with E-state index in [9.17, 15) is 17.8 Å². The largest absolute Gasteiger partial charge is 0.748 e. The van der Waals surface area contributed by atoms with Gasteiger partial charge in [-0.05, 0) is 50.8 Å². The molecule has 1 N–H and O–H groups in total. The Bertz CT molecular complexity index is 756. The summed E-state index contributed by atoms with van der Waals surface area (Å²) >= 11 is 1.36. The maximum absolute atomic E-state index is 13.2. The van der Waals surface area contributed by atoms with Crippen molar-refractivity contribution >= 4 is 27.7 Å². The minimum atomic E-state index is -4.27. The van der Waals surface area contributed by atoms with Gasteiger partial charge in [-0.1, -0.05) is 12.1 Å². The van der Waals surface area contributed by atoms with Crippen LogP contribution in [0.5, 0.6) is 5.75 Å². The first kappa shape index (κ1) is 24.2. The fourth-order valence-corrected chi connectivity index (χ4v) is 5.89. The van der Waals surface area contributed by atoms with Crippen molar-refractivity contribution in [3.63, 3.8) is 0 Å². The van der Waals surface area contributed by atoms with Gasteiger partial charge < -0.3 is 14.2 Å². The first-order chi connectivity index (χ1) is 13.6. The van der Waals surface area contributed by atoms with Crippen LogP contribution in [-0.4, -0.2) is 57.0 Å². The molecule has 0 saturated carbocycles. The van der Waals surface area contributed by atoms with E-state index in [0.717, 1.165) is 30.9 Å². The van der Waals surface area contributed by atoms with E-state index in [1.54, 1.807) is 7.11 Å². The lowest BCUT2D eigenvalue weighted by Gasteiger charge is -2.32. The summed E-state index contributed by atoms with van der Waals surface area (Å²) in [5.41, 5.74) is 0.497. The van der Waals surface area contributed by atoms with Crippen LogP contribution in [0.3, 0.4) is 0 Å². The summed E-state index contributed by atoms with van der Waals surface area (Å²) in [5.74, 6) is 0.641. The Morgan fingerprint density at radius 2 is 1.83 bits per heavy atom. The highest BCUT2D eigenvalue weighted by Gasteiger charge is 2.34. The summed E-state index contributed by atoms with van der Waals surface area (Å²) in [7, 11) is -2.68. The fourth-order valence-electron chi connectivity index (χ4n) is 3.78. The van der Waals surface area contributed by atoms with Gasteiger partial charge in [0.25, 0.3) is 0 Å². The third-order valence-corrected chi connectivity index (χ3v) is 7.76. The lowest BCUT2D eigenvalue weighted by molar-refractivity contribution is -0.909. The van der Waals surface area contributed by atoms with E-state index in [0.29, 0.717) is 6.42 Å². The lowest BCUT2D eigenvalue weighted by Crippen LogP contribution is -3.14. The van der Waals surface area contributed by atoms with E-state index in [1.165, 1.54) is 35.9 Å². The summed E-state index contributed by atoms with van der Waals surface area (Å²) in [6.07, 6.45) is 4.02. The summed E-state index contributed by atoms with van der Waals surface area (Å²) in [4.78, 5) is 14.7. The zero-order valence-corrected chi connectivity index (χ0v) is 19.2. The number of thioether (sulfide) groups is 1. The molecule has 1 aliphatic rings. The number of ketones is 1. The molecule has 1 heterocycles. The highest BCUT2D eigenvalue weighted by molar-refractivity contribution is 8.00. The quantitative estimate of drug-likeness (QED) is 0.527. The van der Waals surface area contributed by atoms with Crippen LogP contribution in [0.2, 0.25) is 0 Å². The van der Waals surface area contributed by atoms with Gasteiger partial charge in [-0.2, -0.15) is 11.8 Å². The average Bonchev–Trinajstić information content (AvgIpc) is 2.66. The van der Waals surface area contributed by atoms with Gasteiger partial charge in [0.05, 0.1) is 42.3 Å². The van der Waals surface area contributed by atoms with Crippen molar-refractivity contribution in [2.24, 2.45) is 5.41 Å². The van der Waals surface area contributed by atoms with Crippen LogP contribution in [0.4, 0.5) is 0 Å². The van der Waals surface area contributed by atoms with Crippen molar-refractivity contribution < 1.29 is 27.4 Å². The van der Waals surface area contributed by atoms with Crippen molar-refractivity contribution in [2.75, 3.05) is 38.2 Å². The third-order valence-electron chi connectivity index (χ3n) is 5.52. The maximum atomic E-state index is 13.2. The monoisotopic (exact) mass is 443 g/mol. The van der Waals surface area contributed by atoms with Crippen molar-refractivity contribution in [2.45, 2.75) is 44.8 Å². The van der Waals surface area contributed by atoms with E-state index in [4.69, 9.17) is 4.74 Å². The Hall–Kier alpha value is -1.09. The zero-order valence-electron chi connectivity index (χ0n) is 17.6. The molecular weight excluding hydrogens is 410 g/mol. The number of piperidine rings is 1. The summed E-state index contributed by atoms with van der Waals surface area (Å²) in [6, 6.07) is 7.47. The Balaban J connectivity index is 2.08. The summed E-state index contributed by atoms with van der Waals surface area (Å²) < 4.78 is 38.1. The third kappa shape index (κ3) is 8.28. The van der Waals surface area contributed by atoms with E-state index >= 15 is 0 Å². The molecule has 1 fully saturated rings. The van der Waals surface area contributed by atoms with Crippen LogP contribution >= 0.6 is 11.8 Å². The smallest absolute Gasteiger partial charge is 0.145 e. The number of carbonyl (C=O) groups excluding carboxylic acids is 1. The number of nitrogens with one attached hydrogen (secondary N) is 1. The average molecular weight is 444 g/mol. The molecule has 1 aromatic rings. The molecule has 1 aromatic carbocycles. The van der Waals surface area contributed by atoms with E-state index in [2.05, 4.69) is 0 Å². The SMILES string of the molecule is COc1ccc(C(CC(=O)C(C)(C)C[NH+]2CCCCC2)SCCS(=O)(=O)[O-])cc1. The van der Waals surface area contributed by atoms with Gasteiger partial charge in [-0.3, -0.25) is 4.79 Å². The standard InChI is InChI=1S/C21H33NO5S2/c1-21(2,16-22-11-5-4-6-12-22)20(23)15-19(28-13-14-29(24,25)26)17-7-9-18(27-3)10-8-17/h7-10,19H,4-6,11-16H2,1-3H3,(H,24,25,26). The molecule has 29 heavy (non-hydrogen) atoms. The van der Waals surface area contributed by atoms with E-state index in [1.807, 2.05) is 38.1 Å². The predicted molar refractivity (Wildman–Crippen MR) is 116 cm³/mol. The first-order valence-electron chi connectivity index (χ1n) is 10.2. The molecule has 0 spiro atoms. The van der Waals surface area contributed by atoms with Gasteiger partial charge in [0, 0.05) is 23.2 Å². The molecule has 8 heteroatoms. The summed E-state index contributed by atoms with van der Waals surface area (Å²) in [6.45, 7) is 7.08. The topological polar surface area (TPSA) is 87.9 Å². The molecule has 1 saturated heterocycles. The second-order valence-electron chi connectivity index (χ2n) is 8.39. The normalized spacial score (nSPS) is 17.1. The molecule has 0 radical (unpaired) electrons. The molecule has 0 aromatic heterocycles. The minimum absolute atomic E-state index is 0.174. The number of carbonyl (C=O) groups is 1. The Morgan fingerprint density at radius 3 is 2.38 bits per heavy atom. The van der Waals surface area contributed by atoms with Gasteiger partial charge in [0.1, 0.15) is 11.5 Å². The molecular formula is C21H33NO5S2. The van der Waals surface area contributed by atoms with E-state index < -0.39 is 21.3 Å². The number of quaternary nitrogens is 1. The number of benzene rings is 1. The number of likely N-dealkylation sites (tertiary alicyclic amines) is 1. The van der Waals surface area contributed by atoms with Crippen LogP contribution < -0.4 is 9.64 Å². The van der Waals surface area contributed by atoms with Crippen molar-refractivity contribution in [1.82, 2.24) is 0 Å². The number of hydrogen-bond acceptors (Lipinski definition) is 6. The Labute approximate surface area is 179 Å². The second kappa shape index (κ2) is 10.8. The van der Waals surface area contributed by atoms with Gasteiger partial charge in [0.15, 0.2) is 0 Å². The van der Waals surface area contributed by atoms with Crippen LogP contribution in [0, 0.1) is 5.41 Å². The number of methoxy groups -OCH3 is 1. The Kier molecular flexibility index (Phi) is 9.00. The van der Waals surface area contributed by atoms with Crippen molar-refractivity contribution in [3.8, 4) is 5.75 Å². The van der Waals surface area contributed by atoms with Crippen LogP contribution in [0.15, 0.2) is 24.3 Å². The van der Waals surface area contributed by atoms with Crippen molar-refractivity contribution in [1.29, 1.82) is 0 Å². The molecule has 1 atom stereocenters. The first-order valence-corrected chi connectivity index (χ1v) is 12.8. The number of ether oxygens (including phenoxy) is 1. The molecule has 1 aliphatic heterocycles. The molecule has 164 valence electrons. The zero-order chi connectivity index (χ0) is 21.5. The molecule has 6 nitrogen and oxygen atoms in total.